The van der Waals surface area contributed by atoms with Crippen molar-refractivity contribution < 1.29 is 4.79 Å². The highest BCUT2D eigenvalue weighted by molar-refractivity contribution is 7.73. The third-order valence-corrected chi connectivity index (χ3v) is 4.93. The number of carbonyl (C=O) groups excluding carboxylic acids is 1. The molecule has 0 aliphatic rings. The van der Waals surface area contributed by atoms with Crippen LogP contribution in [-0.4, -0.2) is 10.6 Å². The number of hydrogen-bond acceptors (Lipinski definition) is 3. The van der Waals surface area contributed by atoms with Crippen LogP contribution >= 0.6 is 46.8 Å². The zero-order valence-electron chi connectivity index (χ0n) is 10.7. The average Bonchev–Trinajstić information content (AvgIpc) is 2.62. The maximum Gasteiger partial charge on any atom is 0.324 e. The van der Waals surface area contributed by atoms with Gasteiger partial charge in [-0.05, 0) is 31.3 Å². The van der Waals surface area contributed by atoms with Crippen molar-refractivity contribution in [3.8, 4) is 0 Å². The Bertz CT molecular complexity index is 704. The van der Waals surface area contributed by atoms with Crippen LogP contribution in [0.1, 0.15) is 5.69 Å². The normalized spacial score (nSPS) is 10.4. The Morgan fingerprint density at radius 3 is 2.40 bits per heavy atom. The number of amides is 2. The van der Waals surface area contributed by atoms with Gasteiger partial charge >= 0.3 is 6.03 Å². The third kappa shape index (κ3) is 3.15. The van der Waals surface area contributed by atoms with Gasteiger partial charge in [0.1, 0.15) is 5.00 Å². The number of rotatable bonds is 2. The fourth-order valence-corrected chi connectivity index (χ4v) is 3.26. The standard InChI is InChI=1S/C12H11Cl2N3OS2/c1-6-10(20-12(19)17(6)2)16-11(18)15-9-7(13)4-3-5-8(9)14/h3-5H,1-2H3,(H2,15,16,18). The zero-order valence-corrected chi connectivity index (χ0v) is 13.8. The Balaban J connectivity index is 2.17. The quantitative estimate of drug-likeness (QED) is 0.744. The summed E-state index contributed by atoms with van der Waals surface area (Å²) in [6.07, 6.45) is 0. The Labute approximate surface area is 135 Å². The second-order valence-corrected chi connectivity index (χ2v) is 6.48. The first-order chi connectivity index (χ1) is 9.40. The van der Waals surface area contributed by atoms with Crippen molar-refractivity contribution in [2.75, 3.05) is 10.6 Å². The summed E-state index contributed by atoms with van der Waals surface area (Å²) in [7, 11) is 1.85. The van der Waals surface area contributed by atoms with E-state index in [2.05, 4.69) is 10.6 Å². The maximum atomic E-state index is 12.0. The van der Waals surface area contributed by atoms with E-state index in [0.717, 1.165) is 5.69 Å². The largest absolute Gasteiger partial charge is 0.328 e. The molecule has 0 unspecified atom stereocenters. The Hall–Kier alpha value is -1.08. The van der Waals surface area contributed by atoms with Crippen LogP contribution in [-0.2, 0) is 7.05 Å². The highest BCUT2D eigenvalue weighted by Gasteiger charge is 2.12. The van der Waals surface area contributed by atoms with E-state index in [1.54, 1.807) is 18.2 Å². The predicted octanol–water partition coefficient (Wildman–Crippen LogP) is 5.08. The van der Waals surface area contributed by atoms with Gasteiger partial charge in [0.2, 0.25) is 0 Å². The van der Waals surface area contributed by atoms with Crippen molar-refractivity contribution in [3.63, 3.8) is 0 Å². The molecule has 0 atom stereocenters. The number of hydrogen-bond donors (Lipinski definition) is 2. The van der Waals surface area contributed by atoms with Crippen molar-refractivity contribution in [1.29, 1.82) is 0 Å². The van der Waals surface area contributed by atoms with E-state index in [1.807, 2.05) is 18.5 Å². The topological polar surface area (TPSA) is 46.1 Å². The average molecular weight is 348 g/mol. The smallest absolute Gasteiger partial charge is 0.324 e. The van der Waals surface area contributed by atoms with E-state index in [0.29, 0.717) is 24.7 Å². The predicted molar refractivity (Wildman–Crippen MR) is 88.0 cm³/mol. The van der Waals surface area contributed by atoms with Gasteiger partial charge in [0.05, 0.1) is 21.4 Å². The monoisotopic (exact) mass is 347 g/mol. The number of benzene rings is 1. The SMILES string of the molecule is Cc1c(NC(=O)Nc2c(Cl)cccc2Cl)sc(=S)n1C. The number of carbonyl (C=O) groups is 1. The number of urea groups is 1. The molecule has 1 aromatic carbocycles. The molecule has 0 bridgehead atoms. The molecule has 106 valence electrons. The summed E-state index contributed by atoms with van der Waals surface area (Å²) >= 11 is 18.5. The number of nitrogens with one attached hydrogen (secondary N) is 2. The van der Waals surface area contributed by atoms with E-state index >= 15 is 0 Å². The van der Waals surface area contributed by atoms with E-state index < -0.39 is 6.03 Å². The number of aromatic nitrogens is 1. The first-order valence-electron chi connectivity index (χ1n) is 5.58. The lowest BCUT2D eigenvalue weighted by Gasteiger charge is -2.10. The molecule has 2 aromatic rings. The molecule has 0 radical (unpaired) electrons. The molecule has 8 heteroatoms. The molecule has 1 aromatic heterocycles. The van der Waals surface area contributed by atoms with Gasteiger partial charge in [-0.25, -0.2) is 4.79 Å². The van der Waals surface area contributed by atoms with E-state index in [9.17, 15) is 4.79 Å². The highest BCUT2D eigenvalue weighted by atomic mass is 35.5. The molecule has 0 aliphatic carbocycles. The molecule has 0 saturated carbocycles. The molecule has 0 saturated heterocycles. The summed E-state index contributed by atoms with van der Waals surface area (Å²) < 4.78 is 2.52. The van der Waals surface area contributed by atoms with E-state index in [1.165, 1.54) is 11.3 Å². The lowest BCUT2D eigenvalue weighted by atomic mass is 10.3. The summed E-state index contributed by atoms with van der Waals surface area (Å²) in [4.78, 5) is 12.0. The molecule has 0 aliphatic heterocycles. The van der Waals surface area contributed by atoms with Crippen LogP contribution in [0.4, 0.5) is 15.5 Å². The van der Waals surface area contributed by atoms with Crippen LogP contribution in [0.15, 0.2) is 18.2 Å². The maximum absolute atomic E-state index is 12.0. The van der Waals surface area contributed by atoms with Gasteiger partial charge in [-0.2, -0.15) is 0 Å². The van der Waals surface area contributed by atoms with Crippen LogP contribution in [0.3, 0.4) is 0 Å². The minimum atomic E-state index is -0.417. The van der Waals surface area contributed by atoms with Crippen molar-refractivity contribution in [2.24, 2.45) is 7.05 Å². The number of nitrogens with zero attached hydrogens (tertiary/aromatic N) is 1. The second-order valence-electron chi connectivity index (χ2n) is 4.02. The highest BCUT2D eigenvalue weighted by Crippen LogP contribution is 2.30. The van der Waals surface area contributed by atoms with Crippen LogP contribution in [0, 0.1) is 10.9 Å². The van der Waals surface area contributed by atoms with Gasteiger partial charge in [0, 0.05) is 7.05 Å². The van der Waals surface area contributed by atoms with Crippen molar-refractivity contribution in [3.05, 3.63) is 37.9 Å². The number of halogens is 2. The van der Waals surface area contributed by atoms with Crippen LogP contribution in [0.25, 0.3) is 0 Å². The molecule has 0 spiro atoms. The first kappa shape index (κ1) is 15.3. The summed E-state index contributed by atoms with van der Waals surface area (Å²) in [5.74, 6) is 0. The lowest BCUT2D eigenvalue weighted by molar-refractivity contribution is 0.262. The van der Waals surface area contributed by atoms with Gasteiger partial charge in [-0.3, -0.25) is 5.32 Å². The molecule has 2 rings (SSSR count). The number of anilines is 2. The fourth-order valence-electron chi connectivity index (χ4n) is 1.50. The molecule has 1 heterocycles. The van der Waals surface area contributed by atoms with E-state index in [4.69, 9.17) is 35.4 Å². The summed E-state index contributed by atoms with van der Waals surface area (Å²) in [6.45, 7) is 1.88. The molecule has 0 fully saturated rings. The van der Waals surface area contributed by atoms with Crippen molar-refractivity contribution >= 4 is 63.5 Å². The minimum Gasteiger partial charge on any atom is -0.328 e. The van der Waals surface area contributed by atoms with Crippen LogP contribution in [0.5, 0.6) is 0 Å². The fraction of sp³-hybridized carbons (Fsp3) is 0.167. The molecular weight excluding hydrogens is 337 g/mol. The van der Waals surface area contributed by atoms with Gasteiger partial charge in [0.25, 0.3) is 0 Å². The minimum absolute atomic E-state index is 0.380. The van der Waals surface area contributed by atoms with Gasteiger partial charge in [0.15, 0.2) is 3.95 Å². The van der Waals surface area contributed by atoms with Crippen LogP contribution < -0.4 is 10.6 Å². The Morgan fingerprint density at radius 1 is 1.30 bits per heavy atom. The number of thiazole rings is 1. The molecule has 2 amide bonds. The third-order valence-electron chi connectivity index (χ3n) is 2.72. The molecular formula is C12H11Cl2N3OS2. The molecule has 4 nitrogen and oxygen atoms in total. The van der Waals surface area contributed by atoms with Crippen molar-refractivity contribution in [2.45, 2.75) is 6.92 Å². The van der Waals surface area contributed by atoms with E-state index in [-0.39, 0.29) is 0 Å². The van der Waals surface area contributed by atoms with Gasteiger partial charge < -0.3 is 9.88 Å². The summed E-state index contributed by atoms with van der Waals surface area (Å²) in [5, 5.41) is 6.82. The summed E-state index contributed by atoms with van der Waals surface area (Å²) in [6, 6.07) is 4.60. The summed E-state index contributed by atoms with van der Waals surface area (Å²) in [5.41, 5.74) is 1.27. The first-order valence-corrected chi connectivity index (χ1v) is 7.56. The Morgan fingerprint density at radius 2 is 1.90 bits per heavy atom. The number of para-hydroxylation sites is 1. The van der Waals surface area contributed by atoms with Gasteiger partial charge in [-0.1, -0.05) is 40.6 Å². The lowest BCUT2D eigenvalue weighted by Crippen LogP contribution is -2.20. The van der Waals surface area contributed by atoms with Crippen LogP contribution in [0.2, 0.25) is 10.0 Å². The molecule has 2 N–H and O–H groups in total. The molecule has 20 heavy (non-hydrogen) atoms. The Kier molecular flexibility index (Phi) is 4.70. The van der Waals surface area contributed by atoms with Crippen molar-refractivity contribution in [1.82, 2.24) is 4.57 Å². The van der Waals surface area contributed by atoms with Gasteiger partial charge in [-0.15, -0.1) is 0 Å². The zero-order chi connectivity index (χ0) is 14.9. The second kappa shape index (κ2) is 6.13.